The minimum atomic E-state index is -1.21. The molecule has 0 radical (unpaired) electrons. The van der Waals surface area contributed by atoms with Crippen molar-refractivity contribution in [2.75, 3.05) is 26.9 Å². The van der Waals surface area contributed by atoms with E-state index in [0.717, 1.165) is 27.2 Å². The van der Waals surface area contributed by atoms with Crippen molar-refractivity contribution < 1.29 is 52.6 Å². The number of imide groups is 1. The normalized spacial score (nSPS) is 25.4. The average molecular weight is 804 g/mol. The number of carbonyl (C=O) groups excluding carboxylic acids is 3. The Hall–Kier alpha value is -5.47. The summed E-state index contributed by atoms with van der Waals surface area (Å²) in [6.07, 6.45) is -0.534. The number of hydrogen-bond donors (Lipinski definition) is 1. The predicted octanol–water partition coefficient (Wildman–Crippen LogP) is 6.28. The third kappa shape index (κ3) is 10.4. The number of cyclic esters (lactones) is 1. The van der Waals surface area contributed by atoms with E-state index in [1.165, 1.54) is 13.2 Å². The predicted molar refractivity (Wildman–Crippen MR) is 215 cm³/mol. The average Bonchev–Trinajstić information content (AvgIpc) is 3.68. The lowest BCUT2D eigenvalue weighted by Crippen LogP contribution is -2.61. The van der Waals surface area contributed by atoms with Crippen molar-refractivity contribution >= 4 is 17.8 Å². The van der Waals surface area contributed by atoms with E-state index < -0.39 is 66.6 Å². The van der Waals surface area contributed by atoms with Gasteiger partial charge in [-0.25, -0.2) is 9.69 Å². The molecule has 59 heavy (non-hydrogen) atoms. The summed E-state index contributed by atoms with van der Waals surface area (Å²) in [5, 5.41) is 10.4. The Balaban J connectivity index is 1.07. The molecule has 0 aliphatic carbocycles. The molecule has 4 aromatic carbocycles. The van der Waals surface area contributed by atoms with Crippen molar-refractivity contribution in [3.8, 4) is 0 Å². The first kappa shape index (κ1) is 41.7. The molecule has 3 aliphatic heterocycles. The first-order chi connectivity index (χ1) is 28.9. The molecular formula is C47H49NO11. The second-order valence-electron chi connectivity index (χ2n) is 14.5. The molecule has 8 atom stereocenters. The van der Waals surface area contributed by atoms with Crippen molar-refractivity contribution in [2.45, 2.75) is 68.9 Å². The number of methoxy groups -OCH3 is 1. The van der Waals surface area contributed by atoms with Crippen LogP contribution in [0.25, 0.3) is 0 Å². The van der Waals surface area contributed by atoms with Crippen molar-refractivity contribution in [1.82, 2.24) is 4.90 Å². The van der Waals surface area contributed by atoms with Crippen molar-refractivity contribution in [3.63, 3.8) is 0 Å². The summed E-state index contributed by atoms with van der Waals surface area (Å²) in [6.45, 7) is 0.361. The zero-order chi connectivity index (χ0) is 41.0. The van der Waals surface area contributed by atoms with Gasteiger partial charge in [0.05, 0.1) is 32.3 Å². The van der Waals surface area contributed by atoms with Crippen LogP contribution in [-0.2, 0) is 62.4 Å². The Bertz CT molecular complexity index is 2030. The lowest BCUT2D eigenvalue weighted by molar-refractivity contribution is -0.319. The van der Waals surface area contributed by atoms with E-state index in [1.54, 1.807) is 12.2 Å². The number of ether oxygens (including phenoxy) is 7. The van der Waals surface area contributed by atoms with Gasteiger partial charge < -0.3 is 38.3 Å². The van der Waals surface area contributed by atoms with E-state index >= 15 is 0 Å². The SMILES string of the molecule is CO[C@H]1O[C@H](CO)[C@@H](OCc2ccccc2)[C@H](OCc2ccccc2)[C@@H]1OCCC=C1C=CC(=O)[C@H]([C@H](Cc2ccccc2)C(=O)N2C(=O)OC[C@@H]2c2ccccc2)O1. The highest BCUT2D eigenvalue weighted by Gasteiger charge is 2.49. The van der Waals surface area contributed by atoms with Gasteiger partial charge in [-0.05, 0) is 53.3 Å². The monoisotopic (exact) mass is 803 g/mol. The molecular weight excluding hydrogens is 755 g/mol. The van der Waals surface area contributed by atoms with E-state index in [0.29, 0.717) is 12.2 Å². The van der Waals surface area contributed by atoms with Crippen molar-refractivity contribution in [1.29, 1.82) is 0 Å². The van der Waals surface area contributed by atoms with Gasteiger partial charge in [-0.2, -0.15) is 0 Å². The summed E-state index contributed by atoms with van der Waals surface area (Å²) < 4.78 is 43.0. The lowest BCUT2D eigenvalue weighted by Gasteiger charge is -2.45. The van der Waals surface area contributed by atoms with Crippen LogP contribution in [0.2, 0.25) is 0 Å². The van der Waals surface area contributed by atoms with Crippen molar-refractivity contribution in [2.24, 2.45) is 5.92 Å². The van der Waals surface area contributed by atoms with Gasteiger partial charge in [0.2, 0.25) is 5.91 Å². The maximum absolute atomic E-state index is 14.4. The zero-order valence-electron chi connectivity index (χ0n) is 32.8. The van der Waals surface area contributed by atoms with Crippen LogP contribution in [0.1, 0.15) is 34.7 Å². The molecule has 0 unspecified atom stereocenters. The molecule has 2 saturated heterocycles. The number of allylic oxidation sites excluding steroid dienone is 1. The van der Waals surface area contributed by atoms with E-state index in [1.807, 2.05) is 121 Å². The van der Waals surface area contributed by atoms with E-state index in [4.69, 9.17) is 33.2 Å². The summed E-state index contributed by atoms with van der Waals surface area (Å²) in [7, 11) is 1.51. The number of benzene rings is 4. The molecule has 7 rings (SSSR count). The number of aliphatic hydroxyl groups is 1. The van der Waals surface area contributed by atoms with Gasteiger partial charge in [-0.3, -0.25) is 9.59 Å². The molecule has 3 aliphatic rings. The summed E-state index contributed by atoms with van der Waals surface area (Å²) in [4.78, 5) is 42.2. The molecule has 12 nitrogen and oxygen atoms in total. The zero-order valence-corrected chi connectivity index (χ0v) is 32.8. The van der Waals surface area contributed by atoms with Crippen LogP contribution < -0.4 is 0 Å². The molecule has 1 N–H and O–H groups in total. The highest BCUT2D eigenvalue weighted by atomic mass is 16.7. The molecule has 0 bridgehead atoms. The van der Waals surface area contributed by atoms with Crippen LogP contribution in [0.3, 0.4) is 0 Å². The first-order valence-corrected chi connectivity index (χ1v) is 19.8. The Morgan fingerprint density at radius 2 is 1.37 bits per heavy atom. The van der Waals surface area contributed by atoms with Crippen LogP contribution >= 0.6 is 0 Å². The second kappa shape index (κ2) is 20.5. The van der Waals surface area contributed by atoms with Gasteiger partial charge in [0.1, 0.15) is 42.8 Å². The van der Waals surface area contributed by atoms with Gasteiger partial charge in [0.15, 0.2) is 18.2 Å². The highest BCUT2D eigenvalue weighted by molar-refractivity contribution is 6.02. The van der Waals surface area contributed by atoms with Crippen LogP contribution in [0, 0.1) is 5.92 Å². The molecule has 0 saturated carbocycles. The minimum Gasteiger partial charge on any atom is -0.482 e. The molecule has 12 heteroatoms. The van der Waals surface area contributed by atoms with E-state index in [2.05, 4.69) is 0 Å². The van der Waals surface area contributed by atoms with Crippen molar-refractivity contribution in [3.05, 3.63) is 168 Å². The van der Waals surface area contributed by atoms with Crippen LogP contribution in [0.4, 0.5) is 4.79 Å². The summed E-state index contributed by atoms with van der Waals surface area (Å²) in [5.41, 5.74) is 3.45. The number of hydrogen-bond acceptors (Lipinski definition) is 11. The fourth-order valence-corrected chi connectivity index (χ4v) is 7.58. The molecule has 0 aromatic heterocycles. The summed E-state index contributed by atoms with van der Waals surface area (Å²) in [5.74, 6) is -1.62. The minimum absolute atomic E-state index is 0.00579. The number of carbonyl (C=O) groups is 3. The fraction of sp³-hybridized carbons (Fsp3) is 0.340. The lowest BCUT2D eigenvalue weighted by atomic mass is 9.88. The van der Waals surface area contributed by atoms with Gasteiger partial charge in [0.25, 0.3) is 0 Å². The fourth-order valence-electron chi connectivity index (χ4n) is 7.58. The van der Waals surface area contributed by atoms with E-state index in [-0.39, 0.29) is 39.5 Å². The number of rotatable bonds is 17. The van der Waals surface area contributed by atoms with E-state index in [9.17, 15) is 19.5 Å². The number of nitrogens with zero attached hydrogens (tertiary/aromatic N) is 1. The second-order valence-corrected chi connectivity index (χ2v) is 14.5. The summed E-state index contributed by atoms with van der Waals surface area (Å²) >= 11 is 0. The maximum Gasteiger partial charge on any atom is 0.417 e. The molecule has 3 heterocycles. The Kier molecular flexibility index (Phi) is 14.5. The molecule has 308 valence electrons. The van der Waals surface area contributed by atoms with Crippen LogP contribution in [0.5, 0.6) is 0 Å². The molecule has 2 amide bonds. The third-order valence-corrected chi connectivity index (χ3v) is 10.6. The molecule has 0 spiro atoms. The molecule has 2 fully saturated rings. The van der Waals surface area contributed by atoms with Gasteiger partial charge in [-0.15, -0.1) is 0 Å². The highest BCUT2D eigenvalue weighted by Crippen LogP contribution is 2.34. The number of amides is 2. The number of ketones is 1. The topological polar surface area (TPSA) is 139 Å². The maximum atomic E-state index is 14.4. The van der Waals surface area contributed by atoms with Gasteiger partial charge >= 0.3 is 6.09 Å². The Morgan fingerprint density at radius 1 is 0.780 bits per heavy atom. The quantitative estimate of drug-likeness (QED) is 0.121. The Morgan fingerprint density at radius 3 is 1.98 bits per heavy atom. The Labute approximate surface area is 343 Å². The van der Waals surface area contributed by atoms with Crippen LogP contribution in [-0.4, -0.2) is 91.5 Å². The standard InChI is InChI=1S/C47H49NO11/c1-53-46-44(43(56-30-34-19-10-4-11-20-34)42(40(28-49)59-46)55-29-33-17-8-3-9-18-33)54-26-14-23-36-24-25-39(50)41(58-36)37(27-32-15-6-2-7-16-32)45(51)48-38(31-57-47(48)52)35-21-12-5-13-22-35/h2-13,15-25,37-38,40-44,46,49H,14,26-31H2,1H3/t37-,38+,40+,41-,42+,43-,44-,46-/m0/s1. The summed E-state index contributed by atoms with van der Waals surface area (Å²) in [6, 6.07) is 37.3. The molecule has 4 aromatic rings. The van der Waals surface area contributed by atoms with Gasteiger partial charge in [0, 0.05) is 7.11 Å². The largest absolute Gasteiger partial charge is 0.482 e. The number of aliphatic hydroxyl groups excluding tert-OH is 1. The van der Waals surface area contributed by atoms with Crippen LogP contribution in [0.15, 0.2) is 145 Å². The first-order valence-electron chi connectivity index (χ1n) is 19.8. The third-order valence-electron chi connectivity index (χ3n) is 10.6. The van der Waals surface area contributed by atoms with Gasteiger partial charge in [-0.1, -0.05) is 121 Å². The smallest absolute Gasteiger partial charge is 0.417 e.